The Kier molecular flexibility index (Phi) is 5.67. The van der Waals surface area contributed by atoms with E-state index in [9.17, 15) is 0 Å². The molecule has 0 heterocycles. The summed E-state index contributed by atoms with van der Waals surface area (Å²) >= 11 is 0. The molecule has 0 radical (unpaired) electrons. The molecule has 0 fully saturated rings. The van der Waals surface area contributed by atoms with Crippen molar-refractivity contribution in [1.82, 2.24) is 0 Å². The lowest BCUT2D eigenvalue weighted by molar-refractivity contribution is 0.481. The predicted octanol–water partition coefficient (Wildman–Crippen LogP) is 5.85. The van der Waals surface area contributed by atoms with Crippen LogP contribution in [0.5, 0.6) is 11.5 Å². The summed E-state index contributed by atoms with van der Waals surface area (Å²) in [5, 5.41) is 0. The molecule has 0 aliphatic carbocycles. The summed E-state index contributed by atoms with van der Waals surface area (Å²) in [6.45, 7) is 4.59. The first-order valence-electron chi connectivity index (χ1n) is 7.59. The van der Waals surface area contributed by atoms with Crippen molar-refractivity contribution in [3.05, 3.63) is 60.2 Å². The number of aryl methyl sites for hydroxylation is 1. The minimum absolute atomic E-state index is 0.843. The van der Waals surface area contributed by atoms with Crippen LogP contribution < -0.4 is 4.74 Å². The van der Waals surface area contributed by atoms with Gasteiger partial charge in [-0.15, -0.1) is 0 Å². The zero-order valence-corrected chi connectivity index (χ0v) is 12.5. The molecule has 0 aromatic heterocycles. The smallest absolute Gasteiger partial charge is 0.127 e. The Morgan fingerprint density at radius 2 is 1.55 bits per heavy atom. The molecule has 0 spiro atoms. The zero-order valence-electron chi connectivity index (χ0n) is 12.5. The van der Waals surface area contributed by atoms with Crippen molar-refractivity contribution in [1.29, 1.82) is 0 Å². The van der Waals surface area contributed by atoms with Crippen molar-refractivity contribution in [2.45, 2.75) is 39.5 Å². The molecule has 2 rings (SSSR count). The molecule has 0 saturated heterocycles. The van der Waals surface area contributed by atoms with Crippen molar-refractivity contribution >= 4 is 0 Å². The van der Waals surface area contributed by atoms with E-state index in [0.717, 1.165) is 23.8 Å². The number of hydrogen-bond donors (Lipinski definition) is 0. The molecule has 0 saturated carbocycles. The van der Waals surface area contributed by atoms with E-state index in [-0.39, 0.29) is 0 Å². The summed E-state index contributed by atoms with van der Waals surface area (Å²) in [4.78, 5) is 0. The molecule has 0 bridgehead atoms. The zero-order chi connectivity index (χ0) is 14.2. The van der Waals surface area contributed by atoms with Gasteiger partial charge >= 0.3 is 0 Å². The molecule has 0 aliphatic rings. The molecular weight excluding hydrogens is 244 g/mol. The second kappa shape index (κ2) is 7.74. The number of hydrogen-bond acceptors (Lipinski definition) is 1. The maximum Gasteiger partial charge on any atom is 0.127 e. The van der Waals surface area contributed by atoms with E-state index in [1.165, 1.54) is 24.8 Å². The Morgan fingerprint density at radius 3 is 2.20 bits per heavy atom. The summed E-state index contributed by atoms with van der Waals surface area (Å²) in [5.41, 5.74) is 1.40. The lowest BCUT2D eigenvalue weighted by Gasteiger charge is -2.09. The number of rotatable bonds is 7. The molecule has 0 amide bonds. The first kappa shape index (κ1) is 14.6. The van der Waals surface area contributed by atoms with E-state index in [0.29, 0.717) is 0 Å². The SMILES string of the molecule is CCC(C)CCCc1ccc(Oc2ccccc2)cc1. The van der Waals surface area contributed by atoms with E-state index in [4.69, 9.17) is 4.74 Å². The van der Waals surface area contributed by atoms with Crippen LogP contribution in [0.4, 0.5) is 0 Å². The Labute approximate surface area is 122 Å². The van der Waals surface area contributed by atoms with Gasteiger partial charge in [0.2, 0.25) is 0 Å². The monoisotopic (exact) mass is 268 g/mol. The van der Waals surface area contributed by atoms with E-state index in [1.54, 1.807) is 0 Å². The van der Waals surface area contributed by atoms with Gasteiger partial charge in [0.15, 0.2) is 0 Å². The third-order valence-corrected chi connectivity index (χ3v) is 3.76. The fourth-order valence-corrected chi connectivity index (χ4v) is 2.21. The summed E-state index contributed by atoms with van der Waals surface area (Å²) in [7, 11) is 0. The van der Waals surface area contributed by atoms with E-state index >= 15 is 0 Å². The van der Waals surface area contributed by atoms with E-state index < -0.39 is 0 Å². The van der Waals surface area contributed by atoms with Gasteiger partial charge in [-0.25, -0.2) is 0 Å². The van der Waals surface area contributed by atoms with Gasteiger partial charge in [-0.1, -0.05) is 57.0 Å². The average molecular weight is 268 g/mol. The average Bonchev–Trinajstić information content (AvgIpc) is 2.50. The fraction of sp³-hybridized carbons (Fsp3) is 0.368. The van der Waals surface area contributed by atoms with Gasteiger partial charge in [0.05, 0.1) is 0 Å². The van der Waals surface area contributed by atoms with Gasteiger partial charge in [0, 0.05) is 0 Å². The molecule has 1 nitrogen and oxygen atoms in total. The Morgan fingerprint density at radius 1 is 0.900 bits per heavy atom. The van der Waals surface area contributed by atoms with Crippen LogP contribution in [0.15, 0.2) is 54.6 Å². The topological polar surface area (TPSA) is 9.23 Å². The molecule has 1 unspecified atom stereocenters. The molecular formula is C19H24O. The molecule has 1 heteroatoms. The van der Waals surface area contributed by atoms with Crippen LogP contribution in [-0.4, -0.2) is 0 Å². The molecule has 1 atom stereocenters. The van der Waals surface area contributed by atoms with Crippen molar-refractivity contribution in [3.8, 4) is 11.5 Å². The molecule has 106 valence electrons. The van der Waals surface area contributed by atoms with Crippen LogP contribution >= 0.6 is 0 Å². The Balaban J connectivity index is 1.84. The summed E-state index contributed by atoms with van der Waals surface area (Å²) in [6, 6.07) is 18.4. The van der Waals surface area contributed by atoms with Crippen molar-refractivity contribution in [3.63, 3.8) is 0 Å². The van der Waals surface area contributed by atoms with Crippen LogP contribution in [0.2, 0.25) is 0 Å². The van der Waals surface area contributed by atoms with Crippen molar-refractivity contribution in [2.24, 2.45) is 5.92 Å². The highest BCUT2D eigenvalue weighted by molar-refractivity contribution is 5.32. The third-order valence-electron chi connectivity index (χ3n) is 3.76. The van der Waals surface area contributed by atoms with Gasteiger partial charge < -0.3 is 4.74 Å². The maximum absolute atomic E-state index is 5.79. The van der Waals surface area contributed by atoms with Crippen LogP contribution in [0.25, 0.3) is 0 Å². The molecule has 20 heavy (non-hydrogen) atoms. The lowest BCUT2D eigenvalue weighted by Crippen LogP contribution is -1.94. The second-order valence-electron chi connectivity index (χ2n) is 5.46. The molecule has 2 aromatic carbocycles. The highest BCUT2D eigenvalue weighted by Crippen LogP contribution is 2.22. The number of ether oxygens (including phenoxy) is 1. The van der Waals surface area contributed by atoms with Gasteiger partial charge in [0.1, 0.15) is 11.5 Å². The highest BCUT2D eigenvalue weighted by atomic mass is 16.5. The summed E-state index contributed by atoms with van der Waals surface area (Å²) in [6.07, 6.45) is 5.03. The summed E-state index contributed by atoms with van der Waals surface area (Å²) < 4.78 is 5.79. The standard InChI is InChI=1S/C19H24O/c1-3-16(2)8-7-9-17-12-14-19(15-13-17)20-18-10-5-4-6-11-18/h4-6,10-16H,3,7-9H2,1-2H3. The molecule has 0 aliphatic heterocycles. The first-order valence-corrected chi connectivity index (χ1v) is 7.59. The van der Waals surface area contributed by atoms with Gasteiger partial charge in [-0.2, -0.15) is 0 Å². The van der Waals surface area contributed by atoms with Crippen molar-refractivity contribution in [2.75, 3.05) is 0 Å². The Hall–Kier alpha value is -1.76. The lowest BCUT2D eigenvalue weighted by atomic mass is 9.99. The number of para-hydroxylation sites is 1. The van der Waals surface area contributed by atoms with Gasteiger partial charge in [0.25, 0.3) is 0 Å². The molecule has 0 N–H and O–H groups in total. The van der Waals surface area contributed by atoms with E-state index in [1.807, 2.05) is 30.3 Å². The minimum Gasteiger partial charge on any atom is -0.457 e. The van der Waals surface area contributed by atoms with Gasteiger partial charge in [-0.05, 0) is 48.6 Å². The largest absolute Gasteiger partial charge is 0.457 e. The quantitative estimate of drug-likeness (QED) is 0.612. The summed E-state index contributed by atoms with van der Waals surface area (Å²) in [5.74, 6) is 2.63. The van der Waals surface area contributed by atoms with Crippen molar-refractivity contribution < 1.29 is 4.74 Å². The van der Waals surface area contributed by atoms with Gasteiger partial charge in [-0.3, -0.25) is 0 Å². The third kappa shape index (κ3) is 4.73. The predicted molar refractivity (Wildman–Crippen MR) is 85.4 cm³/mol. The maximum atomic E-state index is 5.79. The second-order valence-corrected chi connectivity index (χ2v) is 5.46. The number of benzene rings is 2. The minimum atomic E-state index is 0.843. The fourth-order valence-electron chi connectivity index (χ4n) is 2.21. The normalized spacial score (nSPS) is 12.1. The van der Waals surface area contributed by atoms with Crippen LogP contribution in [-0.2, 0) is 6.42 Å². The van der Waals surface area contributed by atoms with E-state index in [2.05, 4.69) is 38.1 Å². The molecule has 2 aromatic rings. The highest BCUT2D eigenvalue weighted by Gasteiger charge is 2.01. The van der Waals surface area contributed by atoms with Crippen LogP contribution in [0.3, 0.4) is 0 Å². The van der Waals surface area contributed by atoms with Crippen LogP contribution in [0.1, 0.15) is 38.7 Å². The Bertz CT molecular complexity index is 487. The van der Waals surface area contributed by atoms with Crippen LogP contribution in [0, 0.1) is 5.92 Å². The first-order chi connectivity index (χ1) is 9.78.